The van der Waals surface area contributed by atoms with Crippen molar-refractivity contribution in [1.82, 2.24) is 18.9 Å². The first-order valence-corrected chi connectivity index (χ1v) is 13.8. The van der Waals surface area contributed by atoms with Crippen molar-refractivity contribution in [2.24, 2.45) is 13.0 Å². The molecule has 0 aliphatic carbocycles. The van der Waals surface area contributed by atoms with Gasteiger partial charge in [0, 0.05) is 95.4 Å². The van der Waals surface area contributed by atoms with Crippen LogP contribution in [0.4, 0.5) is 5.69 Å². The van der Waals surface area contributed by atoms with Crippen LogP contribution in [0.5, 0.6) is 11.5 Å². The summed E-state index contributed by atoms with van der Waals surface area (Å²) in [6, 6.07) is 15.2. The Morgan fingerprint density at radius 3 is 2.51 bits per heavy atom. The molecule has 3 aliphatic rings. The molecule has 2 aromatic heterocycles. The largest absolute Gasteiger partial charge is 0.503 e. The summed E-state index contributed by atoms with van der Waals surface area (Å²) in [5.74, 6) is 1.46. The van der Waals surface area contributed by atoms with Crippen molar-refractivity contribution >= 4 is 5.69 Å². The molecule has 39 heavy (non-hydrogen) atoms. The second kappa shape index (κ2) is 10.5. The zero-order valence-corrected chi connectivity index (χ0v) is 22.8. The molecule has 6 rings (SSSR count). The number of anilines is 1. The van der Waals surface area contributed by atoms with Crippen molar-refractivity contribution in [2.45, 2.75) is 32.0 Å². The second-order valence-corrected chi connectivity index (χ2v) is 11.2. The van der Waals surface area contributed by atoms with Gasteiger partial charge in [0.2, 0.25) is 5.43 Å². The van der Waals surface area contributed by atoms with Crippen LogP contribution in [0.1, 0.15) is 29.4 Å². The molecule has 3 aromatic rings. The lowest BCUT2D eigenvalue weighted by Gasteiger charge is -2.43. The molecule has 2 saturated heterocycles. The quantitative estimate of drug-likeness (QED) is 0.522. The SMILES string of the molecule is COc1ccccc1N1CCN(Cc2c(O)c(=O)cc(CN3C[C@@H]4C[C@@H](C3)c3cccc(=O)n3C4)n2C)CC1. The minimum Gasteiger partial charge on any atom is -0.503 e. The summed E-state index contributed by atoms with van der Waals surface area (Å²) in [5, 5.41) is 10.8. The highest BCUT2D eigenvalue weighted by Crippen LogP contribution is 2.35. The van der Waals surface area contributed by atoms with E-state index in [2.05, 4.69) is 26.8 Å². The van der Waals surface area contributed by atoms with E-state index >= 15 is 0 Å². The van der Waals surface area contributed by atoms with Gasteiger partial charge in [0.1, 0.15) is 5.75 Å². The zero-order chi connectivity index (χ0) is 27.1. The average Bonchev–Trinajstić information content (AvgIpc) is 2.95. The van der Waals surface area contributed by atoms with Crippen molar-refractivity contribution in [3.8, 4) is 11.5 Å². The Hall–Kier alpha value is -3.56. The van der Waals surface area contributed by atoms with E-state index in [-0.39, 0.29) is 16.7 Å². The van der Waals surface area contributed by atoms with E-state index in [1.54, 1.807) is 19.2 Å². The molecule has 2 atom stereocenters. The Morgan fingerprint density at radius 2 is 1.72 bits per heavy atom. The number of piperidine rings is 1. The molecule has 0 amide bonds. The Kier molecular flexibility index (Phi) is 6.95. The zero-order valence-electron chi connectivity index (χ0n) is 22.8. The van der Waals surface area contributed by atoms with Gasteiger partial charge in [-0.2, -0.15) is 0 Å². The molecule has 9 nitrogen and oxygen atoms in total. The molecule has 1 aromatic carbocycles. The fourth-order valence-corrected chi connectivity index (χ4v) is 6.73. The number of para-hydroxylation sites is 2. The van der Waals surface area contributed by atoms with Crippen LogP contribution >= 0.6 is 0 Å². The van der Waals surface area contributed by atoms with Gasteiger partial charge < -0.3 is 23.9 Å². The lowest BCUT2D eigenvalue weighted by molar-refractivity contribution is 0.112. The maximum atomic E-state index is 12.8. The highest BCUT2D eigenvalue weighted by Gasteiger charge is 2.34. The number of methoxy groups -OCH3 is 1. The third-order valence-corrected chi connectivity index (χ3v) is 8.75. The minimum absolute atomic E-state index is 0.0879. The molecular formula is C30H37N5O4. The highest BCUT2D eigenvalue weighted by molar-refractivity contribution is 5.58. The number of likely N-dealkylation sites (tertiary alicyclic amines) is 1. The number of aromatic hydroxyl groups is 1. The fourth-order valence-electron chi connectivity index (χ4n) is 6.73. The molecule has 3 aliphatic heterocycles. The van der Waals surface area contributed by atoms with E-state index in [1.165, 1.54) is 0 Å². The highest BCUT2D eigenvalue weighted by atomic mass is 16.5. The van der Waals surface area contributed by atoms with Crippen molar-refractivity contribution < 1.29 is 9.84 Å². The maximum Gasteiger partial charge on any atom is 0.250 e. The number of fused-ring (bicyclic) bond motifs is 4. The number of hydrogen-bond donors (Lipinski definition) is 1. The number of pyridine rings is 2. The summed E-state index contributed by atoms with van der Waals surface area (Å²) < 4.78 is 9.49. The van der Waals surface area contributed by atoms with Crippen LogP contribution in [0.2, 0.25) is 0 Å². The molecule has 9 heteroatoms. The van der Waals surface area contributed by atoms with Crippen LogP contribution < -0.4 is 20.6 Å². The predicted octanol–water partition coefficient (Wildman–Crippen LogP) is 2.20. The molecule has 2 fully saturated rings. The summed E-state index contributed by atoms with van der Waals surface area (Å²) in [7, 11) is 3.65. The molecule has 0 unspecified atom stereocenters. The Labute approximate surface area is 228 Å². The van der Waals surface area contributed by atoms with Gasteiger partial charge in [-0.05, 0) is 30.5 Å². The van der Waals surface area contributed by atoms with E-state index < -0.39 is 0 Å². The van der Waals surface area contributed by atoms with Crippen LogP contribution in [-0.4, -0.2) is 70.4 Å². The van der Waals surface area contributed by atoms with Gasteiger partial charge >= 0.3 is 0 Å². The van der Waals surface area contributed by atoms with E-state index in [0.29, 0.717) is 30.6 Å². The first-order valence-electron chi connectivity index (χ1n) is 13.8. The summed E-state index contributed by atoms with van der Waals surface area (Å²) in [4.78, 5) is 32.2. The first kappa shape index (κ1) is 25.7. The smallest absolute Gasteiger partial charge is 0.250 e. The standard InChI is InChI=1S/C30H37N5O4/c1-31-23(19-33-16-21-14-22(18-33)24-7-5-9-29(37)35(24)17-21)15-27(36)30(38)26(31)20-32-10-12-34(13-11-32)25-6-3-4-8-28(25)39-2/h3-9,15,21-22,38H,10-14,16-20H2,1-2H3/t21-,22-/m0/s1. The summed E-state index contributed by atoms with van der Waals surface area (Å²) in [5.41, 5.74) is 3.56. The average molecular weight is 532 g/mol. The maximum absolute atomic E-state index is 12.8. The Bertz CT molecular complexity index is 1470. The van der Waals surface area contributed by atoms with E-state index in [4.69, 9.17) is 4.74 Å². The summed E-state index contributed by atoms with van der Waals surface area (Å²) >= 11 is 0. The predicted molar refractivity (Wildman–Crippen MR) is 151 cm³/mol. The number of ether oxygens (including phenoxy) is 1. The molecule has 2 bridgehead atoms. The molecule has 206 valence electrons. The number of aromatic nitrogens is 2. The van der Waals surface area contributed by atoms with Crippen LogP contribution in [0.25, 0.3) is 0 Å². The van der Waals surface area contributed by atoms with Crippen LogP contribution in [-0.2, 0) is 26.7 Å². The van der Waals surface area contributed by atoms with Gasteiger partial charge in [0.15, 0.2) is 5.75 Å². The molecule has 5 heterocycles. The van der Waals surface area contributed by atoms with Crippen LogP contribution in [0.15, 0.2) is 58.1 Å². The van der Waals surface area contributed by atoms with E-state index in [1.807, 2.05) is 40.4 Å². The topological polar surface area (TPSA) is 83.2 Å². The number of piperazine rings is 1. The van der Waals surface area contributed by atoms with Crippen LogP contribution in [0.3, 0.4) is 0 Å². The van der Waals surface area contributed by atoms with Gasteiger partial charge in [-0.1, -0.05) is 18.2 Å². The molecule has 1 N–H and O–H groups in total. The molecule has 0 saturated carbocycles. The Balaban J connectivity index is 1.16. The molecular weight excluding hydrogens is 494 g/mol. The van der Waals surface area contributed by atoms with Gasteiger partial charge in [-0.3, -0.25) is 19.4 Å². The van der Waals surface area contributed by atoms with Gasteiger partial charge in [0.25, 0.3) is 5.56 Å². The van der Waals surface area contributed by atoms with Crippen molar-refractivity contribution in [3.63, 3.8) is 0 Å². The van der Waals surface area contributed by atoms with Crippen LogP contribution in [0, 0.1) is 5.92 Å². The number of nitrogens with zero attached hydrogens (tertiary/aromatic N) is 5. The van der Waals surface area contributed by atoms with Crippen molar-refractivity contribution in [1.29, 1.82) is 0 Å². The summed E-state index contributed by atoms with van der Waals surface area (Å²) in [6.45, 7) is 7.00. The summed E-state index contributed by atoms with van der Waals surface area (Å²) in [6.07, 6.45) is 1.10. The second-order valence-electron chi connectivity index (χ2n) is 11.2. The fraction of sp³-hybridized carbons (Fsp3) is 0.467. The molecule has 0 radical (unpaired) electrons. The lowest BCUT2D eigenvalue weighted by Crippen LogP contribution is -2.47. The van der Waals surface area contributed by atoms with Gasteiger partial charge in [-0.25, -0.2) is 0 Å². The third-order valence-electron chi connectivity index (χ3n) is 8.75. The van der Waals surface area contributed by atoms with Gasteiger partial charge in [0.05, 0.1) is 18.5 Å². The first-order chi connectivity index (χ1) is 18.9. The molecule has 0 spiro atoms. The lowest BCUT2D eigenvalue weighted by atomic mass is 9.83. The van der Waals surface area contributed by atoms with Crippen molar-refractivity contribution in [2.75, 3.05) is 51.3 Å². The number of benzene rings is 1. The normalized spacial score (nSPS) is 21.5. The van der Waals surface area contributed by atoms with Gasteiger partial charge in [-0.15, -0.1) is 0 Å². The monoisotopic (exact) mass is 531 g/mol. The van der Waals surface area contributed by atoms with Crippen molar-refractivity contribution in [3.05, 3.63) is 86.2 Å². The minimum atomic E-state index is -0.320. The third kappa shape index (κ3) is 4.96. The number of rotatable bonds is 6. The van der Waals surface area contributed by atoms with E-state index in [0.717, 1.165) is 75.1 Å². The number of hydrogen-bond acceptors (Lipinski definition) is 7. The Morgan fingerprint density at radius 1 is 0.923 bits per heavy atom. The van der Waals surface area contributed by atoms with E-state index in [9.17, 15) is 14.7 Å².